The molecule has 0 atom stereocenters. The Morgan fingerprint density at radius 1 is 1.15 bits per heavy atom. The van der Waals surface area contributed by atoms with E-state index in [4.69, 9.17) is 23.2 Å². The molecule has 8 heteroatoms. The first-order valence-corrected chi connectivity index (χ1v) is 6.77. The molecule has 0 saturated heterocycles. The van der Waals surface area contributed by atoms with Gasteiger partial charge < -0.3 is 5.32 Å². The van der Waals surface area contributed by atoms with Gasteiger partial charge in [0.25, 0.3) is 0 Å². The zero-order valence-corrected chi connectivity index (χ0v) is 12.7. The summed E-state index contributed by atoms with van der Waals surface area (Å²) >= 11 is 14.8. The number of hydrogen-bond acceptors (Lipinski definition) is 2. The average molecular weight is 386 g/mol. The topological polar surface area (TPSA) is 24.9 Å². The van der Waals surface area contributed by atoms with Crippen molar-refractivity contribution in [1.82, 2.24) is 4.98 Å². The molecule has 2 nitrogen and oxygen atoms in total. The van der Waals surface area contributed by atoms with Crippen LogP contribution in [0.15, 0.2) is 34.9 Å². The number of benzene rings is 1. The van der Waals surface area contributed by atoms with E-state index in [1.807, 2.05) is 0 Å². The monoisotopic (exact) mass is 384 g/mol. The summed E-state index contributed by atoms with van der Waals surface area (Å²) in [5, 5.41) is 3.29. The SMILES string of the molecule is FC(F)(F)c1ccc(Cl)c(Nc2ncc(Cl)cc2Br)c1. The maximum Gasteiger partial charge on any atom is 0.416 e. The highest BCUT2D eigenvalue weighted by molar-refractivity contribution is 9.10. The van der Waals surface area contributed by atoms with Gasteiger partial charge >= 0.3 is 6.18 Å². The molecular weight excluding hydrogens is 380 g/mol. The van der Waals surface area contributed by atoms with Crippen LogP contribution in [-0.4, -0.2) is 4.98 Å². The van der Waals surface area contributed by atoms with E-state index in [0.717, 1.165) is 12.1 Å². The number of halogens is 6. The van der Waals surface area contributed by atoms with Gasteiger partial charge in [-0.2, -0.15) is 13.2 Å². The fourth-order valence-corrected chi connectivity index (χ4v) is 2.33. The van der Waals surface area contributed by atoms with E-state index in [0.29, 0.717) is 15.3 Å². The Morgan fingerprint density at radius 2 is 1.85 bits per heavy atom. The van der Waals surface area contributed by atoms with Gasteiger partial charge in [0.15, 0.2) is 0 Å². The van der Waals surface area contributed by atoms with Crippen molar-refractivity contribution >= 4 is 50.6 Å². The fourth-order valence-electron chi connectivity index (χ4n) is 1.43. The molecule has 0 aliphatic heterocycles. The minimum atomic E-state index is -4.44. The van der Waals surface area contributed by atoms with Crippen LogP contribution >= 0.6 is 39.1 Å². The Hall–Kier alpha value is -0.980. The van der Waals surface area contributed by atoms with E-state index < -0.39 is 11.7 Å². The number of alkyl halides is 3. The normalized spacial score (nSPS) is 11.5. The minimum absolute atomic E-state index is 0.108. The summed E-state index contributed by atoms with van der Waals surface area (Å²) < 4.78 is 38.5. The standard InChI is InChI=1S/C12H6BrCl2F3N2/c13-8-4-7(14)5-19-11(8)20-10-3-6(12(16,17)18)1-2-9(10)15/h1-5H,(H,19,20). The number of rotatable bonds is 2. The second-order valence-corrected chi connectivity index (χ2v) is 5.50. The lowest BCUT2D eigenvalue weighted by Crippen LogP contribution is -2.06. The molecule has 20 heavy (non-hydrogen) atoms. The first kappa shape index (κ1) is 15.4. The van der Waals surface area contributed by atoms with Crippen molar-refractivity contribution in [2.45, 2.75) is 6.18 Å². The summed E-state index contributed by atoms with van der Waals surface area (Å²) in [6, 6.07) is 4.58. The highest BCUT2D eigenvalue weighted by Gasteiger charge is 2.31. The van der Waals surface area contributed by atoms with E-state index in [1.165, 1.54) is 12.3 Å². The molecule has 1 aromatic heterocycles. The van der Waals surface area contributed by atoms with Crippen LogP contribution in [0, 0.1) is 0 Å². The predicted octanol–water partition coefficient (Wildman–Crippen LogP) is 5.91. The van der Waals surface area contributed by atoms with Crippen LogP contribution in [0.3, 0.4) is 0 Å². The van der Waals surface area contributed by atoms with Gasteiger partial charge in [-0.3, -0.25) is 0 Å². The molecule has 0 bridgehead atoms. The van der Waals surface area contributed by atoms with Crippen LogP contribution in [0.4, 0.5) is 24.7 Å². The smallest absolute Gasteiger partial charge is 0.338 e. The summed E-state index contributed by atoms with van der Waals surface area (Å²) in [6.45, 7) is 0. The molecule has 1 N–H and O–H groups in total. The van der Waals surface area contributed by atoms with Gasteiger partial charge in [0, 0.05) is 6.20 Å². The van der Waals surface area contributed by atoms with Crippen LogP contribution in [0.2, 0.25) is 10.0 Å². The van der Waals surface area contributed by atoms with Crippen molar-refractivity contribution in [3.8, 4) is 0 Å². The number of nitrogens with zero attached hydrogens (tertiary/aromatic N) is 1. The molecule has 0 saturated carbocycles. The summed E-state index contributed by atoms with van der Waals surface area (Å²) in [4.78, 5) is 3.98. The zero-order valence-electron chi connectivity index (χ0n) is 9.60. The summed E-state index contributed by atoms with van der Waals surface area (Å²) in [5.74, 6) is 0.315. The molecule has 0 radical (unpaired) electrons. The third-order valence-corrected chi connectivity index (χ3v) is 3.50. The van der Waals surface area contributed by atoms with Crippen LogP contribution in [-0.2, 0) is 6.18 Å². The zero-order chi connectivity index (χ0) is 14.9. The van der Waals surface area contributed by atoms with Gasteiger partial charge in [-0.15, -0.1) is 0 Å². The number of aromatic nitrogens is 1. The molecule has 0 spiro atoms. The van der Waals surface area contributed by atoms with Crippen molar-refractivity contribution in [1.29, 1.82) is 0 Å². The lowest BCUT2D eigenvalue weighted by atomic mass is 10.2. The molecule has 1 aromatic carbocycles. The molecule has 0 aliphatic carbocycles. The first-order chi connectivity index (χ1) is 9.27. The number of nitrogens with one attached hydrogen (secondary N) is 1. The Labute approximate surface area is 131 Å². The Bertz CT molecular complexity index is 647. The second-order valence-electron chi connectivity index (χ2n) is 3.80. The van der Waals surface area contributed by atoms with E-state index in [9.17, 15) is 13.2 Å². The third-order valence-electron chi connectivity index (χ3n) is 2.35. The highest BCUT2D eigenvalue weighted by atomic mass is 79.9. The van der Waals surface area contributed by atoms with E-state index in [1.54, 1.807) is 6.07 Å². The molecule has 0 aliphatic rings. The van der Waals surface area contributed by atoms with Crippen LogP contribution in [0.25, 0.3) is 0 Å². The van der Waals surface area contributed by atoms with Gasteiger partial charge in [0.05, 0.1) is 25.8 Å². The maximum atomic E-state index is 12.7. The van der Waals surface area contributed by atoms with Crippen molar-refractivity contribution in [2.24, 2.45) is 0 Å². The summed E-state index contributed by atoms with van der Waals surface area (Å²) in [5.41, 5.74) is -0.688. The molecule has 0 unspecified atom stereocenters. The molecule has 2 rings (SSSR count). The van der Waals surface area contributed by atoms with Gasteiger partial charge in [0.2, 0.25) is 0 Å². The third kappa shape index (κ3) is 3.56. The average Bonchev–Trinajstić information content (AvgIpc) is 2.33. The summed E-state index contributed by atoms with van der Waals surface area (Å²) in [7, 11) is 0. The molecular formula is C12H6BrCl2F3N2. The van der Waals surface area contributed by atoms with E-state index >= 15 is 0 Å². The molecule has 0 amide bonds. The fraction of sp³-hybridized carbons (Fsp3) is 0.0833. The molecule has 106 valence electrons. The first-order valence-electron chi connectivity index (χ1n) is 5.22. The van der Waals surface area contributed by atoms with Gasteiger partial charge in [0.1, 0.15) is 5.82 Å². The Balaban J connectivity index is 2.38. The quantitative estimate of drug-likeness (QED) is 0.694. The predicted molar refractivity (Wildman–Crippen MR) is 76.7 cm³/mol. The van der Waals surface area contributed by atoms with Crippen molar-refractivity contribution in [3.05, 3.63) is 50.5 Å². The number of anilines is 2. The van der Waals surface area contributed by atoms with Gasteiger partial charge in [-0.1, -0.05) is 23.2 Å². The van der Waals surface area contributed by atoms with Crippen LogP contribution < -0.4 is 5.32 Å². The second kappa shape index (κ2) is 5.79. The van der Waals surface area contributed by atoms with Crippen molar-refractivity contribution in [3.63, 3.8) is 0 Å². The molecule has 1 heterocycles. The molecule has 0 fully saturated rings. The largest absolute Gasteiger partial charge is 0.416 e. The lowest BCUT2D eigenvalue weighted by Gasteiger charge is -2.12. The van der Waals surface area contributed by atoms with E-state index in [2.05, 4.69) is 26.2 Å². The maximum absolute atomic E-state index is 12.7. The summed E-state index contributed by atoms with van der Waals surface area (Å²) in [6.07, 6.45) is -3.07. The Morgan fingerprint density at radius 3 is 2.45 bits per heavy atom. The van der Waals surface area contributed by atoms with Crippen molar-refractivity contribution in [2.75, 3.05) is 5.32 Å². The minimum Gasteiger partial charge on any atom is -0.338 e. The Kier molecular flexibility index (Phi) is 4.46. The van der Waals surface area contributed by atoms with Crippen molar-refractivity contribution < 1.29 is 13.2 Å². The van der Waals surface area contributed by atoms with Crippen LogP contribution in [0.1, 0.15) is 5.56 Å². The molecule has 2 aromatic rings. The number of hydrogen-bond donors (Lipinski definition) is 1. The van der Waals surface area contributed by atoms with Crippen LogP contribution in [0.5, 0.6) is 0 Å². The van der Waals surface area contributed by atoms with Gasteiger partial charge in [-0.25, -0.2) is 4.98 Å². The van der Waals surface area contributed by atoms with Gasteiger partial charge in [-0.05, 0) is 40.2 Å². The number of pyridine rings is 1. The van der Waals surface area contributed by atoms with E-state index in [-0.39, 0.29) is 10.7 Å². The lowest BCUT2D eigenvalue weighted by molar-refractivity contribution is -0.137. The highest BCUT2D eigenvalue weighted by Crippen LogP contribution is 2.35.